The number of nitrogens with zero attached hydrogens (tertiary/aromatic N) is 1. The van der Waals surface area contributed by atoms with Gasteiger partial charge in [-0.05, 0) is 61.2 Å². The molecule has 2 aromatic carbocycles. The van der Waals surface area contributed by atoms with Crippen LogP contribution in [0, 0.1) is 0 Å². The number of amides is 1. The minimum atomic E-state index is -4.37. The van der Waals surface area contributed by atoms with Gasteiger partial charge in [0.25, 0.3) is 5.91 Å². The summed E-state index contributed by atoms with van der Waals surface area (Å²) in [4.78, 5) is 12.9. The number of alkyl halides is 3. The van der Waals surface area contributed by atoms with Gasteiger partial charge in [-0.1, -0.05) is 0 Å². The third-order valence-electron chi connectivity index (χ3n) is 5.11. The van der Waals surface area contributed by atoms with Crippen LogP contribution < -0.4 is 19.7 Å². The second-order valence-corrected chi connectivity index (χ2v) is 8.40. The Bertz CT molecular complexity index is 963. The molecule has 32 heavy (non-hydrogen) atoms. The molecule has 7 nitrogen and oxygen atoms in total. The molecule has 1 amide bonds. The normalized spacial score (nSPS) is 17.1. The number of hydroxylamine groups is 1. The molecule has 0 radical (unpaired) electrons. The molecule has 172 valence electrons. The Hall–Kier alpha value is -2.63. The van der Waals surface area contributed by atoms with E-state index in [9.17, 15) is 18.0 Å². The molecule has 1 saturated heterocycles. The fourth-order valence-electron chi connectivity index (χ4n) is 3.54. The molecule has 0 spiro atoms. The summed E-state index contributed by atoms with van der Waals surface area (Å²) in [5.74, 6) is 0.462. The molecule has 4 rings (SSSR count). The summed E-state index contributed by atoms with van der Waals surface area (Å²) in [6, 6.07) is 8.16. The van der Waals surface area contributed by atoms with Crippen molar-refractivity contribution in [3.63, 3.8) is 0 Å². The monoisotopic (exact) mass is 470 g/mol. The fraction of sp³-hybridized carbons (Fsp3) is 0.381. The lowest BCUT2D eigenvalue weighted by Crippen LogP contribution is -2.34. The third-order valence-corrected chi connectivity index (χ3v) is 6.27. The first kappa shape index (κ1) is 22.6. The van der Waals surface area contributed by atoms with E-state index in [0.717, 1.165) is 12.1 Å². The molecule has 0 atom stereocenters. The molecular formula is C21H21F3N2O5S. The zero-order valence-corrected chi connectivity index (χ0v) is 17.7. The Balaban J connectivity index is 1.38. The average molecular weight is 470 g/mol. The van der Waals surface area contributed by atoms with Gasteiger partial charge in [0.05, 0.1) is 5.56 Å². The minimum Gasteiger partial charge on any atom is -0.490 e. The SMILES string of the molecule is O=C(NO)c1c(SN2CCC(Oc3ccc(C(F)(F)F)cc3)CC2)ccc2c1OCCO2. The van der Waals surface area contributed by atoms with Crippen molar-refractivity contribution in [2.24, 2.45) is 0 Å². The van der Waals surface area contributed by atoms with Crippen molar-refractivity contribution >= 4 is 17.9 Å². The van der Waals surface area contributed by atoms with Crippen LogP contribution in [0.3, 0.4) is 0 Å². The maximum Gasteiger partial charge on any atom is 0.416 e. The van der Waals surface area contributed by atoms with Gasteiger partial charge in [-0.2, -0.15) is 13.2 Å². The van der Waals surface area contributed by atoms with E-state index < -0.39 is 17.6 Å². The molecule has 1 fully saturated rings. The predicted molar refractivity (Wildman–Crippen MR) is 109 cm³/mol. The highest BCUT2D eigenvalue weighted by Crippen LogP contribution is 2.41. The van der Waals surface area contributed by atoms with Crippen LogP contribution in [0.1, 0.15) is 28.8 Å². The van der Waals surface area contributed by atoms with Crippen LogP contribution in [0.5, 0.6) is 17.2 Å². The molecule has 2 N–H and O–H groups in total. The molecule has 2 aliphatic heterocycles. The van der Waals surface area contributed by atoms with Crippen molar-refractivity contribution in [1.29, 1.82) is 0 Å². The lowest BCUT2D eigenvalue weighted by molar-refractivity contribution is -0.137. The van der Waals surface area contributed by atoms with Gasteiger partial charge in [0, 0.05) is 18.0 Å². The number of rotatable bonds is 5. The van der Waals surface area contributed by atoms with E-state index in [2.05, 4.69) is 4.31 Å². The first-order chi connectivity index (χ1) is 15.3. The maximum atomic E-state index is 12.7. The van der Waals surface area contributed by atoms with E-state index in [1.54, 1.807) is 17.6 Å². The number of hydrogen-bond donors (Lipinski definition) is 2. The fourth-order valence-corrected chi connectivity index (χ4v) is 4.62. The molecule has 0 saturated carbocycles. The van der Waals surface area contributed by atoms with E-state index in [1.807, 2.05) is 0 Å². The highest BCUT2D eigenvalue weighted by atomic mass is 32.2. The van der Waals surface area contributed by atoms with E-state index in [1.165, 1.54) is 24.1 Å². The highest BCUT2D eigenvalue weighted by molar-refractivity contribution is 7.97. The summed E-state index contributed by atoms with van der Waals surface area (Å²) in [5, 5.41) is 9.16. The summed E-state index contributed by atoms with van der Waals surface area (Å²) in [6.07, 6.45) is -3.16. The highest BCUT2D eigenvalue weighted by Gasteiger charge is 2.31. The topological polar surface area (TPSA) is 80.3 Å². The van der Waals surface area contributed by atoms with Crippen molar-refractivity contribution in [3.8, 4) is 17.2 Å². The van der Waals surface area contributed by atoms with Gasteiger partial charge in [0.15, 0.2) is 11.5 Å². The van der Waals surface area contributed by atoms with Gasteiger partial charge in [-0.3, -0.25) is 10.0 Å². The molecular weight excluding hydrogens is 449 g/mol. The Morgan fingerprint density at radius 1 is 1.09 bits per heavy atom. The molecule has 2 aliphatic rings. The zero-order valence-electron chi connectivity index (χ0n) is 16.9. The Labute approximate surface area is 186 Å². The van der Waals surface area contributed by atoms with Crippen LogP contribution in [0.15, 0.2) is 41.3 Å². The first-order valence-corrected chi connectivity index (χ1v) is 10.8. The molecule has 0 aliphatic carbocycles. The van der Waals surface area contributed by atoms with E-state index in [-0.39, 0.29) is 11.7 Å². The van der Waals surface area contributed by atoms with Gasteiger partial charge < -0.3 is 14.2 Å². The van der Waals surface area contributed by atoms with Gasteiger partial charge >= 0.3 is 6.18 Å². The molecule has 0 bridgehead atoms. The van der Waals surface area contributed by atoms with Crippen molar-refractivity contribution in [3.05, 3.63) is 47.5 Å². The van der Waals surface area contributed by atoms with Crippen molar-refractivity contribution in [2.45, 2.75) is 30.0 Å². The lowest BCUT2D eigenvalue weighted by atomic mass is 10.1. The predicted octanol–water partition coefficient (Wildman–Crippen LogP) is 4.15. The average Bonchev–Trinajstić information content (AvgIpc) is 2.79. The van der Waals surface area contributed by atoms with Crippen molar-refractivity contribution in [1.82, 2.24) is 9.79 Å². The van der Waals surface area contributed by atoms with E-state index in [4.69, 9.17) is 19.4 Å². The Morgan fingerprint density at radius 3 is 2.44 bits per heavy atom. The summed E-state index contributed by atoms with van der Waals surface area (Å²) < 4.78 is 57.1. The van der Waals surface area contributed by atoms with Gasteiger partial charge in [-0.15, -0.1) is 0 Å². The van der Waals surface area contributed by atoms with Crippen LogP contribution in [-0.4, -0.2) is 47.8 Å². The quantitative estimate of drug-likeness (QED) is 0.386. The van der Waals surface area contributed by atoms with Gasteiger partial charge in [0.1, 0.15) is 30.6 Å². The maximum absolute atomic E-state index is 12.7. The number of hydrogen-bond acceptors (Lipinski definition) is 7. The number of fused-ring (bicyclic) bond motifs is 1. The summed E-state index contributed by atoms with van der Waals surface area (Å²) in [5.41, 5.74) is 1.16. The second kappa shape index (κ2) is 9.47. The van der Waals surface area contributed by atoms with Crippen LogP contribution in [-0.2, 0) is 6.18 Å². The standard InChI is InChI=1S/C21H21F3N2O5S/c22-21(23,24)13-1-3-14(4-2-13)31-15-7-9-26(10-8-15)32-17-6-5-16-19(30-12-11-29-16)18(17)20(27)25-28/h1-6,15,28H,7-12H2,(H,25,27). The Morgan fingerprint density at radius 2 is 1.78 bits per heavy atom. The smallest absolute Gasteiger partial charge is 0.416 e. The summed E-state index contributed by atoms with van der Waals surface area (Å²) in [6.45, 7) is 1.97. The van der Waals surface area contributed by atoms with Crippen molar-refractivity contribution in [2.75, 3.05) is 26.3 Å². The van der Waals surface area contributed by atoms with Crippen LogP contribution in [0.25, 0.3) is 0 Å². The summed E-state index contributed by atoms with van der Waals surface area (Å²) >= 11 is 1.37. The number of carbonyl (C=O) groups excluding carboxylic acids is 1. The van der Waals surface area contributed by atoms with Crippen LogP contribution in [0.2, 0.25) is 0 Å². The first-order valence-electron chi connectivity index (χ1n) is 9.99. The number of piperidine rings is 1. The second-order valence-electron chi connectivity index (χ2n) is 7.26. The molecule has 2 heterocycles. The molecule has 0 unspecified atom stereocenters. The number of ether oxygens (including phenoxy) is 3. The largest absolute Gasteiger partial charge is 0.490 e. The van der Waals surface area contributed by atoms with Crippen LogP contribution in [0.4, 0.5) is 13.2 Å². The molecule has 2 aromatic rings. The van der Waals surface area contributed by atoms with Gasteiger partial charge in [0.2, 0.25) is 0 Å². The van der Waals surface area contributed by atoms with Crippen molar-refractivity contribution < 1.29 is 37.4 Å². The zero-order chi connectivity index (χ0) is 22.7. The molecule has 11 heteroatoms. The Kier molecular flexibility index (Phi) is 6.68. The summed E-state index contributed by atoms with van der Waals surface area (Å²) in [7, 11) is 0. The molecule has 0 aromatic heterocycles. The van der Waals surface area contributed by atoms with Crippen LogP contribution >= 0.6 is 11.9 Å². The van der Waals surface area contributed by atoms with E-state index >= 15 is 0 Å². The number of carbonyl (C=O) groups is 1. The third kappa shape index (κ3) is 5.05. The minimum absolute atomic E-state index is 0.121. The number of halogens is 3. The number of benzene rings is 2. The lowest BCUT2D eigenvalue weighted by Gasteiger charge is -2.32. The van der Waals surface area contributed by atoms with E-state index in [0.29, 0.717) is 61.3 Å². The van der Waals surface area contributed by atoms with Gasteiger partial charge in [-0.25, -0.2) is 9.79 Å². The number of nitrogens with one attached hydrogen (secondary N) is 1.